The number of anilines is 1. The first kappa shape index (κ1) is 17.6. The normalized spacial score (nSPS) is 14.7. The van der Waals surface area contributed by atoms with Crippen molar-refractivity contribution in [3.05, 3.63) is 47.5 Å². The van der Waals surface area contributed by atoms with Crippen molar-refractivity contribution in [3.8, 4) is 23.3 Å². The number of hydrogen-bond donors (Lipinski definition) is 1. The highest BCUT2D eigenvalue weighted by Gasteiger charge is 2.22. The second-order valence-corrected chi connectivity index (χ2v) is 5.97. The molecule has 6 heteroatoms. The standard InChI is InChI=1S/C20H20N2O4/c1-3-24-19-9-15-8-13(2)26-18(15)10-16(19)22-20(23)12-25-17-7-5-4-6-14(17)11-21/h4-7,9-10,13H,3,8,12H2,1-2H3,(H,22,23)/t13-/m1/s1. The first-order valence-electron chi connectivity index (χ1n) is 8.49. The Balaban J connectivity index is 1.71. The Hall–Kier alpha value is -3.20. The van der Waals surface area contributed by atoms with Gasteiger partial charge in [0, 0.05) is 18.1 Å². The molecule has 0 unspecified atom stereocenters. The van der Waals surface area contributed by atoms with Gasteiger partial charge < -0.3 is 19.5 Å². The van der Waals surface area contributed by atoms with Crippen molar-refractivity contribution in [1.29, 1.82) is 5.26 Å². The van der Waals surface area contributed by atoms with Crippen LogP contribution in [-0.4, -0.2) is 25.2 Å². The number of benzene rings is 2. The van der Waals surface area contributed by atoms with Gasteiger partial charge in [-0.15, -0.1) is 0 Å². The number of hydrogen-bond acceptors (Lipinski definition) is 5. The lowest BCUT2D eigenvalue weighted by molar-refractivity contribution is -0.118. The Morgan fingerprint density at radius 2 is 2.12 bits per heavy atom. The minimum atomic E-state index is -0.343. The zero-order valence-corrected chi connectivity index (χ0v) is 14.7. The van der Waals surface area contributed by atoms with Gasteiger partial charge in [-0.2, -0.15) is 5.26 Å². The Morgan fingerprint density at radius 3 is 2.88 bits per heavy atom. The van der Waals surface area contributed by atoms with E-state index in [9.17, 15) is 4.79 Å². The molecule has 0 bridgehead atoms. The van der Waals surface area contributed by atoms with Gasteiger partial charge in [0.05, 0.1) is 17.9 Å². The summed E-state index contributed by atoms with van der Waals surface area (Å²) in [4.78, 5) is 12.3. The van der Waals surface area contributed by atoms with Gasteiger partial charge in [-0.25, -0.2) is 0 Å². The molecule has 0 aromatic heterocycles. The molecular weight excluding hydrogens is 332 g/mol. The first-order valence-corrected chi connectivity index (χ1v) is 8.49. The molecule has 0 fully saturated rings. The van der Waals surface area contributed by atoms with Gasteiger partial charge >= 0.3 is 0 Å². The highest BCUT2D eigenvalue weighted by Crippen LogP contribution is 2.38. The minimum absolute atomic E-state index is 0.108. The van der Waals surface area contributed by atoms with Crippen molar-refractivity contribution in [1.82, 2.24) is 0 Å². The summed E-state index contributed by atoms with van der Waals surface area (Å²) < 4.78 is 16.9. The summed E-state index contributed by atoms with van der Waals surface area (Å²) in [7, 11) is 0. The average Bonchev–Trinajstić information content (AvgIpc) is 2.99. The lowest BCUT2D eigenvalue weighted by Gasteiger charge is -2.14. The average molecular weight is 352 g/mol. The fourth-order valence-corrected chi connectivity index (χ4v) is 2.83. The maximum absolute atomic E-state index is 12.3. The molecule has 1 heterocycles. The molecule has 0 aliphatic carbocycles. The van der Waals surface area contributed by atoms with Gasteiger partial charge in [0.15, 0.2) is 6.61 Å². The number of fused-ring (bicyclic) bond motifs is 1. The van der Waals surface area contributed by atoms with Crippen LogP contribution in [0.3, 0.4) is 0 Å². The molecule has 2 aromatic carbocycles. The van der Waals surface area contributed by atoms with E-state index in [0.717, 1.165) is 17.7 Å². The molecule has 6 nitrogen and oxygen atoms in total. The van der Waals surface area contributed by atoms with Gasteiger partial charge in [0.1, 0.15) is 29.4 Å². The Kier molecular flexibility index (Phi) is 5.28. The van der Waals surface area contributed by atoms with Crippen molar-refractivity contribution in [2.24, 2.45) is 0 Å². The van der Waals surface area contributed by atoms with E-state index in [1.807, 2.05) is 26.0 Å². The zero-order valence-electron chi connectivity index (χ0n) is 14.7. The zero-order chi connectivity index (χ0) is 18.5. The largest absolute Gasteiger partial charge is 0.492 e. The lowest BCUT2D eigenvalue weighted by Crippen LogP contribution is -2.21. The third-order valence-electron chi connectivity index (χ3n) is 3.94. The molecule has 0 saturated carbocycles. The second-order valence-electron chi connectivity index (χ2n) is 5.97. The fraction of sp³-hybridized carbons (Fsp3) is 0.300. The van der Waals surface area contributed by atoms with Crippen LogP contribution in [0.4, 0.5) is 5.69 Å². The topological polar surface area (TPSA) is 80.6 Å². The van der Waals surface area contributed by atoms with Gasteiger partial charge in [0.25, 0.3) is 5.91 Å². The molecule has 2 aromatic rings. The van der Waals surface area contributed by atoms with Gasteiger partial charge in [-0.1, -0.05) is 12.1 Å². The molecule has 0 radical (unpaired) electrons. The maximum atomic E-state index is 12.3. The number of nitriles is 1. The molecule has 1 aliphatic rings. The lowest BCUT2D eigenvalue weighted by atomic mass is 10.1. The molecule has 1 aliphatic heterocycles. The van der Waals surface area contributed by atoms with Gasteiger partial charge in [0.2, 0.25) is 0 Å². The highest BCUT2D eigenvalue weighted by molar-refractivity contribution is 5.93. The number of para-hydroxylation sites is 1. The molecule has 26 heavy (non-hydrogen) atoms. The van der Waals surface area contributed by atoms with Crippen LogP contribution in [0.15, 0.2) is 36.4 Å². The summed E-state index contributed by atoms with van der Waals surface area (Å²) in [6.45, 7) is 4.17. The molecule has 0 spiro atoms. The second kappa shape index (κ2) is 7.79. The first-order chi connectivity index (χ1) is 12.6. The molecular formula is C20H20N2O4. The van der Waals surface area contributed by atoms with Crippen molar-refractivity contribution >= 4 is 11.6 Å². The third kappa shape index (κ3) is 3.89. The quantitative estimate of drug-likeness (QED) is 0.863. The monoisotopic (exact) mass is 352 g/mol. The van der Waals surface area contributed by atoms with Crippen molar-refractivity contribution in [2.45, 2.75) is 26.4 Å². The molecule has 1 N–H and O–H groups in total. The van der Waals surface area contributed by atoms with E-state index in [4.69, 9.17) is 19.5 Å². The van der Waals surface area contributed by atoms with E-state index in [-0.39, 0.29) is 18.6 Å². The predicted octanol–water partition coefficient (Wildman–Crippen LogP) is 3.30. The summed E-state index contributed by atoms with van der Waals surface area (Å²) in [6.07, 6.45) is 0.925. The van der Waals surface area contributed by atoms with E-state index >= 15 is 0 Å². The number of carbonyl (C=O) groups excluding carboxylic acids is 1. The number of rotatable bonds is 6. The molecule has 3 rings (SSSR count). The van der Waals surface area contributed by atoms with E-state index in [1.54, 1.807) is 30.3 Å². The molecule has 0 saturated heterocycles. The van der Waals surface area contributed by atoms with Crippen LogP contribution in [0.25, 0.3) is 0 Å². The predicted molar refractivity (Wildman–Crippen MR) is 96.7 cm³/mol. The van der Waals surface area contributed by atoms with E-state index in [0.29, 0.717) is 29.4 Å². The smallest absolute Gasteiger partial charge is 0.262 e. The summed E-state index contributed by atoms with van der Waals surface area (Å²) in [6, 6.07) is 12.5. The SMILES string of the molecule is CCOc1cc2c(cc1NC(=O)COc1ccccc1C#N)O[C@H](C)C2. The van der Waals surface area contributed by atoms with Crippen molar-refractivity contribution in [2.75, 3.05) is 18.5 Å². The van der Waals surface area contributed by atoms with Crippen molar-refractivity contribution < 1.29 is 19.0 Å². The van der Waals surface area contributed by atoms with Crippen LogP contribution in [-0.2, 0) is 11.2 Å². The molecule has 134 valence electrons. The Bertz CT molecular complexity index is 857. The summed E-state index contributed by atoms with van der Waals surface area (Å²) in [5, 5.41) is 11.9. The van der Waals surface area contributed by atoms with Crippen LogP contribution in [0.5, 0.6) is 17.2 Å². The Morgan fingerprint density at radius 1 is 1.31 bits per heavy atom. The Labute approximate surface area is 152 Å². The fourth-order valence-electron chi connectivity index (χ4n) is 2.83. The summed E-state index contributed by atoms with van der Waals surface area (Å²) in [5.41, 5.74) is 2.00. The summed E-state index contributed by atoms with van der Waals surface area (Å²) in [5.74, 6) is 1.40. The third-order valence-corrected chi connectivity index (χ3v) is 3.94. The van der Waals surface area contributed by atoms with Gasteiger partial charge in [-0.05, 0) is 32.0 Å². The van der Waals surface area contributed by atoms with E-state index in [2.05, 4.69) is 5.32 Å². The van der Waals surface area contributed by atoms with E-state index in [1.165, 1.54) is 0 Å². The number of amides is 1. The number of carbonyl (C=O) groups is 1. The minimum Gasteiger partial charge on any atom is -0.492 e. The van der Waals surface area contributed by atoms with Gasteiger partial charge in [-0.3, -0.25) is 4.79 Å². The number of nitrogens with zero attached hydrogens (tertiary/aromatic N) is 1. The number of nitrogens with one attached hydrogen (secondary N) is 1. The van der Waals surface area contributed by atoms with Crippen LogP contribution < -0.4 is 19.5 Å². The molecule has 1 amide bonds. The van der Waals surface area contributed by atoms with Crippen molar-refractivity contribution in [3.63, 3.8) is 0 Å². The van der Waals surface area contributed by atoms with Crippen LogP contribution in [0.1, 0.15) is 25.0 Å². The van der Waals surface area contributed by atoms with Crippen LogP contribution in [0.2, 0.25) is 0 Å². The van der Waals surface area contributed by atoms with Crippen LogP contribution >= 0.6 is 0 Å². The number of ether oxygens (including phenoxy) is 3. The maximum Gasteiger partial charge on any atom is 0.262 e. The van der Waals surface area contributed by atoms with E-state index < -0.39 is 0 Å². The van der Waals surface area contributed by atoms with Crippen LogP contribution in [0, 0.1) is 11.3 Å². The molecule has 1 atom stereocenters. The highest BCUT2D eigenvalue weighted by atomic mass is 16.5. The summed E-state index contributed by atoms with van der Waals surface area (Å²) >= 11 is 0.